The highest BCUT2D eigenvalue weighted by Gasteiger charge is 2.21. The van der Waals surface area contributed by atoms with E-state index < -0.39 is 11.9 Å². The molecule has 0 spiro atoms. The highest BCUT2D eigenvalue weighted by atomic mass is 16.3. The number of amides is 2. The summed E-state index contributed by atoms with van der Waals surface area (Å²) in [5.74, 6) is -0.912. The summed E-state index contributed by atoms with van der Waals surface area (Å²) in [6, 6.07) is -0.903. The second-order valence-corrected chi connectivity index (χ2v) is 4.39. The van der Waals surface area contributed by atoms with Crippen molar-refractivity contribution in [2.24, 2.45) is 11.5 Å². The number of nitrogens with two attached hydrogens (primary N) is 2. The van der Waals surface area contributed by atoms with Crippen LogP contribution < -0.4 is 11.5 Å². The Kier molecular flexibility index (Phi) is 9.22. The van der Waals surface area contributed by atoms with Gasteiger partial charge in [0.25, 0.3) is 0 Å². The third kappa shape index (κ3) is 7.24. The Bertz CT molecular complexity index is 259. The van der Waals surface area contributed by atoms with Crippen molar-refractivity contribution in [3.63, 3.8) is 0 Å². The Morgan fingerprint density at radius 1 is 1.22 bits per heavy atom. The fourth-order valence-corrected chi connectivity index (χ4v) is 1.72. The van der Waals surface area contributed by atoms with E-state index in [4.69, 9.17) is 16.6 Å². The zero-order chi connectivity index (χ0) is 14.0. The molecule has 0 bridgehead atoms. The predicted molar refractivity (Wildman–Crippen MR) is 69.6 cm³/mol. The van der Waals surface area contributed by atoms with Gasteiger partial charge in [0.1, 0.15) is 0 Å². The monoisotopic (exact) mass is 259 g/mol. The summed E-state index contributed by atoms with van der Waals surface area (Å²) in [5.41, 5.74) is 10.6. The maximum Gasteiger partial charge on any atom is 0.240 e. The highest BCUT2D eigenvalue weighted by Crippen LogP contribution is 2.04. The van der Waals surface area contributed by atoms with Crippen LogP contribution in [-0.2, 0) is 9.59 Å². The molecule has 0 rings (SSSR count). The van der Waals surface area contributed by atoms with Gasteiger partial charge in [-0.15, -0.1) is 0 Å². The summed E-state index contributed by atoms with van der Waals surface area (Å²) < 4.78 is 0. The molecule has 0 aromatic heterocycles. The van der Waals surface area contributed by atoms with Crippen LogP contribution >= 0.6 is 0 Å². The fourth-order valence-electron chi connectivity index (χ4n) is 1.72. The average Bonchev–Trinajstić information content (AvgIpc) is 2.31. The van der Waals surface area contributed by atoms with Crippen LogP contribution in [0.4, 0.5) is 0 Å². The van der Waals surface area contributed by atoms with Gasteiger partial charge in [0.2, 0.25) is 11.8 Å². The SMILES string of the molecule is CCCCCCN(CCO)C(=O)C(N)CC(N)=O. The summed E-state index contributed by atoms with van der Waals surface area (Å²) in [6.45, 7) is 2.81. The Hall–Kier alpha value is -1.14. The Morgan fingerprint density at radius 2 is 1.89 bits per heavy atom. The van der Waals surface area contributed by atoms with Gasteiger partial charge in [-0.05, 0) is 6.42 Å². The number of unbranched alkanes of at least 4 members (excludes halogenated alkanes) is 3. The van der Waals surface area contributed by atoms with Crippen LogP contribution in [0.25, 0.3) is 0 Å². The number of hydrogen-bond acceptors (Lipinski definition) is 4. The minimum Gasteiger partial charge on any atom is -0.395 e. The fraction of sp³-hybridized carbons (Fsp3) is 0.833. The summed E-state index contributed by atoms with van der Waals surface area (Å²) in [7, 11) is 0. The molecule has 18 heavy (non-hydrogen) atoms. The van der Waals surface area contributed by atoms with Gasteiger partial charge >= 0.3 is 0 Å². The molecule has 6 heteroatoms. The van der Waals surface area contributed by atoms with Crippen molar-refractivity contribution >= 4 is 11.8 Å². The van der Waals surface area contributed by atoms with Gasteiger partial charge in [0.05, 0.1) is 19.1 Å². The van der Waals surface area contributed by atoms with E-state index in [0.717, 1.165) is 25.7 Å². The first kappa shape index (κ1) is 16.9. The van der Waals surface area contributed by atoms with E-state index in [1.165, 1.54) is 4.90 Å². The lowest BCUT2D eigenvalue weighted by atomic mass is 10.1. The molecule has 0 aliphatic heterocycles. The lowest BCUT2D eigenvalue weighted by Crippen LogP contribution is -2.46. The molecule has 0 saturated carbocycles. The van der Waals surface area contributed by atoms with Crippen LogP contribution in [0, 0.1) is 0 Å². The molecule has 0 saturated heterocycles. The molecular weight excluding hydrogens is 234 g/mol. The van der Waals surface area contributed by atoms with Gasteiger partial charge in [0, 0.05) is 13.1 Å². The van der Waals surface area contributed by atoms with Gasteiger partial charge in [-0.1, -0.05) is 26.2 Å². The molecule has 5 N–H and O–H groups in total. The van der Waals surface area contributed by atoms with Gasteiger partial charge in [-0.25, -0.2) is 0 Å². The van der Waals surface area contributed by atoms with E-state index in [2.05, 4.69) is 6.92 Å². The molecule has 0 heterocycles. The first-order valence-corrected chi connectivity index (χ1v) is 6.46. The summed E-state index contributed by atoms with van der Waals surface area (Å²) in [6.07, 6.45) is 4.00. The third-order valence-electron chi connectivity index (χ3n) is 2.70. The van der Waals surface area contributed by atoms with E-state index >= 15 is 0 Å². The maximum absolute atomic E-state index is 11.9. The molecule has 0 aromatic carbocycles. The molecule has 1 atom stereocenters. The first-order chi connectivity index (χ1) is 8.52. The molecule has 0 fully saturated rings. The van der Waals surface area contributed by atoms with Crippen LogP contribution in [0.5, 0.6) is 0 Å². The van der Waals surface area contributed by atoms with Crippen LogP contribution in [0.2, 0.25) is 0 Å². The zero-order valence-corrected chi connectivity index (χ0v) is 11.1. The molecule has 0 aromatic rings. The van der Waals surface area contributed by atoms with Crippen molar-refractivity contribution in [1.82, 2.24) is 4.90 Å². The van der Waals surface area contributed by atoms with Crippen LogP contribution in [0.1, 0.15) is 39.0 Å². The number of primary amides is 1. The van der Waals surface area contributed by atoms with Crippen LogP contribution in [0.3, 0.4) is 0 Å². The number of rotatable bonds is 10. The van der Waals surface area contributed by atoms with E-state index in [-0.39, 0.29) is 25.5 Å². The smallest absolute Gasteiger partial charge is 0.240 e. The second-order valence-electron chi connectivity index (χ2n) is 4.39. The zero-order valence-electron chi connectivity index (χ0n) is 11.1. The van der Waals surface area contributed by atoms with Crippen molar-refractivity contribution in [3.05, 3.63) is 0 Å². The number of aliphatic hydroxyl groups excluding tert-OH is 1. The largest absolute Gasteiger partial charge is 0.395 e. The van der Waals surface area contributed by atoms with Crippen molar-refractivity contribution in [2.45, 2.75) is 45.1 Å². The van der Waals surface area contributed by atoms with E-state index in [9.17, 15) is 9.59 Å². The molecule has 0 aliphatic rings. The third-order valence-corrected chi connectivity index (χ3v) is 2.70. The van der Waals surface area contributed by atoms with Crippen molar-refractivity contribution in [1.29, 1.82) is 0 Å². The molecule has 6 nitrogen and oxygen atoms in total. The van der Waals surface area contributed by atoms with Crippen LogP contribution in [0.15, 0.2) is 0 Å². The Balaban J connectivity index is 4.20. The molecular formula is C12H25N3O3. The van der Waals surface area contributed by atoms with Gasteiger partial charge in [-0.2, -0.15) is 0 Å². The normalized spacial score (nSPS) is 12.2. The summed E-state index contributed by atoms with van der Waals surface area (Å²) >= 11 is 0. The van der Waals surface area contributed by atoms with Gasteiger partial charge < -0.3 is 21.5 Å². The Morgan fingerprint density at radius 3 is 2.39 bits per heavy atom. The van der Waals surface area contributed by atoms with E-state index in [1.807, 2.05) is 0 Å². The topological polar surface area (TPSA) is 110 Å². The molecule has 1 unspecified atom stereocenters. The molecule has 2 amide bonds. The van der Waals surface area contributed by atoms with E-state index in [0.29, 0.717) is 6.54 Å². The van der Waals surface area contributed by atoms with Gasteiger partial charge in [0.15, 0.2) is 0 Å². The first-order valence-electron chi connectivity index (χ1n) is 6.46. The summed E-state index contributed by atoms with van der Waals surface area (Å²) in [4.78, 5) is 24.1. The number of hydrogen-bond donors (Lipinski definition) is 3. The molecule has 0 aliphatic carbocycles. The number of carbonyl (C=O) groups excluding carboxylic acids is 2. The van der Waals surface area contributed by atoms with Gasteiger partial charge in [-0.3, -0.25) is 9.59 Å². The quantitative estimate of drug-likeness (QED) is 0.463. The number of aliphatic hydroxyl groups is 1. The average molecular weight is 259 g/mol. The minimum absolute atomic E-state index is 0.108. The van der Waals surface area contributed by atoms with Crippen molar-refractivity contribution in [2.75, 3.05) is 19.7 Å². The standard InChI is InChI=1S/C12H25N3O3/c1-2-3-4-5-6-15(7-8-16)12(18)10(13)9-11(14)17/h10,16H,2-9,13H2,1H3,(H2,14,17). The predicted octanol–water partition coefficient (Wildman–Crippen LogP) is -0.410. The Labute approximate surface area is 108 Å². The maximum atomic E-state index is 11.9. The van der Waals surface area contributed by atoms with Crippen LogP contribution in [-0.4, -0.2) is 47.6 Å². The lowest BCUT2D eigenvalue weighted by Gasteiger charge is -2.24. The molecule has 0 radical (unpaired) electrons. The second kappa shape index (κ2) is 9.85. The van der Waals surface area contributed by atoms with Crippen molar-refractivity contribution < 1.29 is 14.7 Å². The van der Waals surface area contributed by atoms with E-state index in [1.54, 1.807) is 0 Å². The number of carbonyl (C=O) groups is 2. The summed E-state index contributed by atoms with van der Waals surface area (Å²) in [5, 5.41) is 8.93. The minimum atomic E-state index is -0.903. The lowest BCUT2D eigenvalue weighted by molar-refractivity contribution is -0.135. The van der Waals surface area contributed by atoms with Crippen molar-refractivity contribution in [3.8, 4) is 0 Å². The number of nitrogens with zero attached hydrogens (tertiary/aromatic N) is 1. The highest BCUT2D eigenvalue weighted by molar-refractivity contribution is 5.87. The molecule has 106 valence electrons.